The van der Waals surface area contributed by atoms with Crippen molar-refractivity contribution in [3.05, 3.63) is 36.4 Å². The van der Waals surface area contributed by atoms with Crippen LogP contribution in [0.1, 0.15) is 17.4 Å². The first kappa shape index (κ1) is 14.3. The molecule has 0 fully saturated rings. The Morgan fingerprint density at radius 1 is 1.40 bits per heavy atom. The van der Waals surface area contributed by atoms with E-state index >= 15 is 0 Å². The van der Waals surface area contributed by atoms with Gasteiger partial charge >= 0.3 is 5.97 Å². The Labute approximate surface area is 116 Å². The number of benzene rings is 1. The highest BCUT2D eigenvalue weighted by Crippen LogP contribution is 2.26. The van der Waals surface area contributed by atoms with Crippen molar-refractivity contribution in [1.82, 2.24) is 4.98 Å². The molecule has 0 aliphatic carbocycles. The molecule has 0 saturated heterocycles. The molecule has 0 bridgehead atoms. The second-order valence-electron chi connectivity index (χ2n) is 4.05. The van der Waals surface area contributed by atoms with Crippen molar-refractivity contribution in [2.24, 2.45) is 0 Å². The second-order valence-corrected chi connectivity index (χ2v) is 6.07. The molecule has 20 heavy (non-hydrogen) atoms. The summed E-state index contributed by atoms with van der Waals surface area (Å²) in [5.41, 5.74) is 0.478. The predicted octanol–water partition coefficient (Wildman–Crippen LogP) is 1.92. The van der Waals surface area contributed by atoms with Gasteiger partial charge in [0.05, 0.1) is 11.5 Å². The summed E-state index contributed by atoms with van der Waals surface area (Å²) in [6.07, 6.45) is 2.23. The largest absolute Gasteiger partial charge is 0.461 e. The maximum absolute atomic E-state index is 11.7. The maximum Gasteiger partial charge on any atom is 0.360 e. The molecule has 6 nitrogen and oxygen atoms in total. The number of aromatic nitrogens is 1. The number of nitrogens with zero attached hydrogens (tertiary/aromatic N) is 1. The van der Waals surface area contributed by atoms with Crippen LogP contribution in [0.3, 0.4) is 0 Å². The highest BCUT2D eigenvalue weighted by Gasteiger charge is 2.20. The Bertz CT molecular complexity index is 733. The molecule has 2 aromatic rings. The predicted molar refractivity (Wildman–Crippen MR) is 71.0 cm³/mol. The van der Waals surface area contributed by atoms with E-state index in [1.54, 1.807) is 19.1 Å². The Morgan fingerprint density at radius 2 is 2.15 bits per heavy atom. The zero-order valence-electron chi connectivity index (χ0n) is 11.0. The van der Waals surface area contributed by atoms with Crippen LogP contribution < -0.4 is 0 Å². The van der Waals surface area contributed by atoms with Gasteiger partial charge in [-0.1, -0.05) is 12.1 Å². The molecule has 0 aliphatic heterocycles. The van der Waals surface area contributed by atoms with E-state index in [9.17, 15) is 13.2 Å². The van der Waals surface area contributed by atoms with Crippen LogP contribution in [-0.2, 0) is 14.6 Å². The van der Waals surface area contributed by atoms with Gasteiger partial charge in [-0.3, -0.25) is 0 Å². The van der Waals surface area contributed by atoms with Crippen molar-refractivity contribution < 1.29 is 22.4 Å². The number of hydrogen-bond donors (Lipinski definition) is 0. The molecule has 7 heteroatoms. The quantitative estimate of drug-likeness (QED) is 0.801. The smallest absolute Gasteiger partial charge is 0.360 e. The van der Waals surface area contributed by atoms with Crippen LogP contribution in [0.5, 0.6) is 0 Å². The van der Waals surface area contributed by atoms with Gasteiger partial charge in [0, 0.05) is 11.8 Å². The van der Waals surface area contributed by atoms with Crippen molar-refractivity contribution in [2.75, 3.05) is 12.9 Å². The normalized spacial score (nSPS) is 11.3. The first-order valence-corrected chi connectivity index (χ1v) is 7.73. The second kappa shape index (κ2) is 5.46. The Kier molecular flexibility index (Phi) is 3.89. The average molecular weight is 295 g/mol. The van der Waals surface area contributed by atoms with Crippen LogP contribution in [0.25, 0.3) is 11.3 Å². The molecule has 0 spiro atoms. The van der Waals surface area contributed by atoms with Crippen LogP contribution in [0.4, 0.5) is 0 Å². The average Bonchev–Trinajstić information content (AvgIpc) is 2.87. The van der Waals surface area contributed by atoms with E-state index in [4.69, 9.17) is 9.15 Å². The lowest BCUT2D eigenvalue weighted by molar-refractivity contribution is 0.0520. The van der Waals surface area contributed by atoms with Crippen molar-refractivity contribution in [3.8, 4) is 11.3 Å². The third-order valence-electron chi connectivity index (χ3n) is 2.56. The highest BCUT2D eigenvalue weighted by molar-refractivity contribution is 7.90. The van der Waals surface area contributed by atoms with Crippen LogP contribution in [0.2, 0.25) is 0 Å². The van der Waals surface area contributed by atoms with E-state index in [0.717, 1.165) is 12.6 Å². The maximum atomic E-state index is 11.7. The van der Waals surface area contributed by atoms with Crippen molar-refractivity contribution in [3.63, 3.8) is 0 Å². The van der Waals surface area contributed by atoms with E-state index in [2.05, 4.69) is 4.98 Å². The highest BCUT2D eigenvalue weighted by atomic mass is 32.2. The molecular weight excluding hydrogens is 282 g/mol. The zero-order chi connectivity index (χ0) is 14.8. The molecule has 0 radical (unpaired) electrons. The molecule has 0 saturated carbocycles. The van der Waals surface area contributed by atoms with Crippen LogP contribution >= 0.6 is 0 Å². The van der Waals surface area contributed by atoms with Gasteiger partial charge in [-0.15, -0.1) is 0 Å². The molecule has 106 valence electrons. The minimum absolute atomic E-state index is 0.0255. The fourth-order valence-electron chi connectivity index (χ4n) is 1.66. The minimum Gasteiger partial charge on any atom is -0.461 e. The van der Waals surface area contributed by atoms with Gasteiger partial charge in [0.1, 0.15) is 0 Å². The Balaban J connectivity index is 2.48. The summed E-state index contributed by atoms with van der Waals surface area (Å²) in [5, 5.41) is 0. The van der Waals surface area contributed by atoms with Crippen molar-refractivity contribution >= 4 is 15.8 Å². The number of hydrogen-bond acceptors (Lipinski definition) is 6. The summed E-state index contributed by atoms with van der Waals surface area (Å²) < 4.78 is 33.1. The molecule has 1 aromatic heterocycles. The molecule has 1 heterocycles. The van der Waals surface area contributed by atoms with Gasteiger partial charge < -0.3 is 9.15 Å². The number of carbonyl (C=O) groups is 1. The molecule has 0 aliphatic rings. The summed E-state index contributed by atoms with van der Waals surface area (Å²) in [6.45, 7) is 1.90. The van der Waals surface area contributed by atoms with Gasteiger partial charge in [0.2, 0.25) is 0 Å². The van der Waals surface area contributed by atoms with E-state index in [0.29, 0.717) is 5.56 Å². The van der Waals surface area contributed by atoms with Crippen LogP contribution in [0, 0.1) is 0 Å². The number of esters is 1. The molecule has 1 aromatic carbocycles. The Hall–Kier alpha value is -2.15. The van der Waals surface area contributed by atoms with E-state index < -0.39 is 15.8 Å². The van der Waals surface area contributed by atoms with E-state index in [1.165, 1.54) is 12.1 Å². The number of sulfone groups is 1. The SMILES string of the molecule is CCOC(=O)c1ncoc1-c1cccc(S(C)(=O)=O)c1. The van der Waals surface area contributed by atoms with Gasteiger partial charge in [-0.2, -0.15) is 0 Å². The topological polar surface area (TPSA) is 86.5 Å². The summed E-state index contributed by atoms with van der Waals surface area (Å²) in [5.74, 6) is -0.421. The number of rotatable bonds is 4. The monoisotopic (exact) mass is 295 g/mol. The fourth-order valence-corrected chi connectivity index (χ4v) is 2.33. The van der Waals surface area contributed by atoms with E-state index in [1.807, 2.05) is 0 Å². The summed E-state index contributed by atoms with van der Waals surface area (Å²) in [4.78, 5) is 15.7. The van der Waals surface area contributed by atoms with Crippen LogP contribution in [0.15, 0.2) is 40.0 Å². The summed E-state index contributed by atoms with van der Waals surface area (Å²) in [6, 6.07) is 6.11. The van der Waals surface area contributed by atoms with E-state index in [-0.39, 0.29) is 23.0 Å². The first-order valence-electron chi connectivity index (χ1n) is 5.84. The number of ether oxygens (including phenoxy) is 1. The zero-order valence-corrected chi connectivity index (χ0v) is 11.8. The first-order chi connectivity index (χ1) is 9.43. The van der Waals surface area contributed by atoms with Gasteiger partial charge in [0.25, 0.3) is 0 Å². The third-order valence-corrected chi connectivity index (χ3v) is 3.67. The van der Waals surface area contributed by atoms with Gasteiger partial charge in [0.15, 0.2) is 27.7 Å². The van der Waals surface area contributed by atoms with Crippen molar-refractivity contribution in [1.29, 1.82) is 0 Å². The molecule has 0 amide bonds. The van der Waals surface area contributed by atoms with Gasteiger partial charge in [-0.05, 0) is 19.1 Å². The standard InChI is InChI=1S/C13H13NO5S/c1-3-18-13(15)11-12(19-8-14-11)9-5-4-6-10(7-9)20(2,16)17/h4-8H,3H2,1-2H3. The van der Waals surface area contributed by atoms with Gasteiger partial charge in [-0.25, -0.2) is 18.2 Å². The third kappa shape index (κ3) is 2.88. The molecule has 0 atom stereocenters. The summed E-state index contributed by atoms with van der Waals surface area (Å²) in [7, 11) is -3.34. The van der Waals surface area contributed by atoms with Crippen molar-refractivity contribution in [2.45, 2.75) is 11.8 Å². The molecule has 0 N–H and O–H groups in total. The molecular formula is C13H13NO5S. The summed E-state index contributed by atoms with van der Waals surface area (Å²) >= 11 is 0. The number of oxazole rings is 1. The number of carbonyl (C=O) groups excluding carboxylic acids is 1. The minimum atomic E-state index is -3.34. The molecule has 0 unspecified atom stereocenters. The van der Waals surface area contributed by atoms with Crippen LogP contribution in [-0.4, -0.2) is 32.2 Å². The molecule has 2 rings (SSSR count). The fraction of sp³-hybridized carbons (Fsp3) is 0.231. The lowest BCUT2D eigenvalue weighted by Crippen LogP contribution is -2.06. The Morgan fingerprint density at radius 3 is 2.80 bits per heavy atom. The lowest BCUT2D eigenvalue weighted by atomic mass is 10.1. The lowest BCUT2D eigenvalue weighted by Gasteiger charge is -2.03.